The van der Waals surface area contributed by atoms with Gasteiger partial charge in [-0.1, -0.05) is 23.7 Å². The first-order chi connectivity index (χ1) is 17.5. The Morgan fingerprint density at radius 3 is 2.51 bits per heavy atom. The molecule has 0 amide bonds. The molecule has 0 spiro atoms. The van der Waals surface area contributed by atoms with E-state index in [2.05, 4.69) is 9.67 Å². The predicted octanol–water partition coefficient (Wildman–Crippen LogP) is 6.27. The first-order valence-electron chi connectivity index (χ1n) is 12.7. The monoisotopic (exact) mass is 520 g/mol. The molecule has 3 heterocycles. The summed E-state index contributed by atoms with van der Waals surface area (Å²) in [4.78, 5) is 17.7. The number of nitrogens with zero attached hydrogens (tertiary/aromatic N) is 4. The van der Waals surface area contributed by atoms with Crippen LogP contribution < -0.4 is 0 Å². The van der Waals surface area contributed by atoms with Gasteiger partial charge in [0.1, 0.15) is 5.65 Å². The molecular weight excluding hydrogens is 488 g/mol. The lowest BCUT2D eigenvalue weighted by molar-refractivity contribution is -0.160. The van der Waals surface area contributed by atoms with E-state index >= 15 is 0 Å². The van der Waals surface area contributed by atoms with E-state index in [1.54, 1.807) is 0 Å². The Hall–Kier alpha value is -3.16. The number of carboxylic acids is 1. The van der Waals surface area contributed by atoms with Gasteiger partial charge in [0.25, 0.3) is 0 Å². The fraction of sp³-hybridized carbons (Fsp3) is 0.414. The Balaban J connectivity index is 1.86. The van der Waals surface area contributed by atoms with Crippen molar-refractivity contribution in [2.75, 3.05) is 0 Å². The van der Waals surface area contributed by atoms with Gasteiger partial charge in [-0.25, -0.2) is 9.78 Å². The summed E-state index contributed by atoms with van der Waals surface area (Å²) in [7, 11) is 1.92. The fourth-order valence-corrected chi connectivity index (χ4v) is 5.62. The second-order valence-electron chi connectivity index (χ2n) is 10.9. The molecule has 7 nitrogen and oxygen atoms in total. The molecule has 1 atom stereocenters. The summed E-state index contributed by atoms with van der Waals surface area (Å²) in [5.74, 6) is -1.03. The van der Waals surface area contributed by atoms with Crippen LogP contribution in [0, 0.1) is 6.92 Å². The zero-order valence-electron chi connectivity index (χ0n) is 22.0. The minimum atomic E-state index is -1.16. The number of rotatable bonds is 6. The van der Waals surface area contributed by atoms with Gasteiger partial charge in [-0.05, 0) is 76.6 Å². The van der Waals surface area contributed by atoms with Gasteiger partial charge in [0.2, 0.25) is 0 Å². The summed E-state index contributed by atoms with van der Waals surface area (Å²) in [5.41, 5.74) is 6.88. The first kappa shape index (κ1) is 25.5. The number of hydrogen-bond acceptors (Lipinski definition) is 4. The quantitative estimate of drug-likeness (QED) is 0.324. The van der Waals surface area contributed by atoms with Crippen LogP contribution in [0.4, 0.5) is 0 Å². The van der Waals surface area contributed by atoms with Gasteiger partial charge >= 0.3 is 5.97 Å². The SMILES string of the molecule is Cc1nc2c(c3c(n2Cc2cnn(C)c2)CCCC3)c(-c2ccc(Cl)cc2)c1[C@H](OC(C)(C)C)C(=O)O. The van der Waals surface area contributed by atoms with Gasteiger partial charge in [0.05, 0.1) is 18.3 Å². The highest BCUT2D eigenvalue weighted by Crippen LogP contribution is 2.44. The number of hydrogen-bond donors (Lipinski definition) is 1. The third kappa shape index (κ3) is 4.90. The van der Waals surface area contributed by atoms with Crippen molar-refractivity contribution in [1.29, 1.82) is 0 Å². The summed E-state index contributed by atoms with van der Waals surface area (Å²) in [6.07, 6.45) is 6.84. The second-order valence-corrected chi connectivity index (χ2v) is 11.3. The van der Waals surface area contributed by atoms with Crippen molar-refractivity contribution in [2.45, 2.75) is 71.6 Å². The molecule has 8 heteroatoms. The highest BCUT2D eigenvalue weighted by Gasteiger charge is 2.34. The number of pyridine rings is 1. The van der Waals surface area contributed by atoms with Crippen molar-refractivity contribution in [3.63, 3.8) is 0 Å². The zero-order chi connectivity index (χ0) is 26.5. The summed E-state index contributed by atoms with van der Waals surface area (Å²) >= 11 is 6.26. The molecular formula is C29H33ClN4O3. The zero-order valence-corrected chi connectivity index (χ0v) is 22.8. The Bertz CT molecular complexity index is 1480. The maximum absolute atomic E-state index is 12.7. The van der Waals surface area contributed by atoms with E-state index in [0.717, 1.165) is 53.4 Å². The lowest BCUT2D eigenvalue weighted by atomic mass is 9.88. The lowest BCUT2D eigenvalue weighted by Crippen LogP contribution is -2.28. The molecule has 0 radical (unpaired) electrons. The normalized spacial score (nSPS) is 14.6. The highest BCUT2D eigenvalue weighted by molar-refractivity contribution is 6.30. The van der Waals surface area contributed by atoms with E-state index < -0.39 is 17.7 Å². The molecule has 1 aromatic carbocycles. The topological polar surface area (TPSA) is 82.2 Å². The van der Waals surface area contributed by atoms with Crippen LogP contribution in [0.3, 0.4) is 0 Å². The summed E-state index contributed by atoms with van der Waals surface area (Å²) in [6, 6.07) is 7.62. The van der Waals surface area contributed by atoms with Gasteiger partial charge < -0.3 is 14.4 Å². The van der Waals surface area contributed by atoms with Gasteiger partial charge in [-0.3, -0.25) is 4.68 Å². The molecule has 0 bridgehead atoms. The Kier molecular flexibility index (Phi) is 6.62. The number of fused-ring (bicyclic) bond motifs is 3. The summed E-state index contributed by atoms with van der Waals surface area (Å²) in [5, 5.41) is 16.4. The van der Waals surface area contributed by atoms with E-state index in [0.29, 0.717) is 22.8 Å². The van der Waals surface area contributed by atoms with E-state index in [4.69, 9.17) is 21.3 Å². The van der Waals surface area contributed by atoms with Crippen LogP contribution in [0.25, 0.3) is 22.2 Å². The number of aromatic nitrogens is 4. The Morgan fingerprint density at radius 1 is 1.19 bits per heavy atom. The van der Waals surface area contributed by atoms with Crippen molar-refractivity contribution in [2.24, 2.45) is 7.05 Å². The number of benzene rings is 1. The molecule has 37 heavy (non-hydrogen) atoms. The number of carboxylic acid groups (broad SMARTS) is 1. The van der Waals surface area contributed by atoms with Crippen LogP contribution in [0.5, 0.6) is 0 Å². The third-order valence-corrected chi connectivity index (χ3v) is 7.17. The number of aryl methyl sites for hydroxylation is 3. The largest absolute Gasteiger partial charge is 0.479 e. The Labute approximate surface area is 222 Å². The molecule has 194 valence electrons. The van der Waals surface area contributed by atoms with Crippen molar-refractivity contribution in [3.05, 3.63) is 69.8 Å². The maximum atomic E-state index is 12.7. The van der Waals surface area contributed by atoms with Crippen LogP contribution >= 0.6 is 11.6 Å². The average Bonchev–Trinajstić information content (AvgIpc) is 3.38. The average molecular weight is 521 g/mol. The van der Waals surface area contributed by atoms with Crippen molar-refractivity contribution >= 4 is 28.6 Å². The standard InChI is InChI=1S/C29H33ClN4O3/c1-17-23(26(28(35)36)37-29(2,3)4)24(19-10-12-20(30)13-11-19)25-21-8-6-7-9-22(21)34(27(25)32-17)16-18-14-31-33(5)15-18/h10-15,26H,6-9,16H2,1-5H3,(H,35,36)/t26-/m0/s1. The molecule has 1 aliphatic rings. The van der Waals surface area contributed by atoms with Gasteiger partial charge in [-0.2, -0.15) is 5.10 Å². The summed E-state index contributed by atoms with van der Waals surface area (Å²) in [6.45, 7) is 8.16. The van der Waals surface area contributed by atoms with E-state index in [1.165, 1.54) is 11.3 Å². The van der Waals surface area contributed by atoms with Gasteiger partial charge in [0, 0.05) is 51.7 Å². The molecule has 5 rings (SSSR count). The van der Waals surface area contributed by atoms with Crippen LogP contribution in [-0.4, -0.2) is 36.0 Å². The van der Waals surface area contributed by atoms with E-state index in [-0.39, 0.29) is 0 Å². The maximum Gasteiger partial charge on any atom is 0.337 e. The van der Waals surface area contributed by atoms with E-state index in [9.17, 15) is 9.90 Å². The second kappa shape index (κ2) is 9.62. The minimum absolute atomic E-state index is 0.601. The first-order valence-corrected chi connectivity index (χ1v) is 13.1. The number of carbonyl (C=O) groups is 1. The predicted molar refractivity (Wildman–Crippen MR) is 145 cm³/mol. The fourth-order valence-electron chi connectivity index (χ4n) is 5.50. The van der Waals surface area contributed by atoms with Crippen LogP contribution in [-0.2, 0) is 36.0 Å². The molecule has 0 unspecified atom stereocenters. The van der Waals surface area contributed by atoms with Crippen molar-refractivity contribution in [1.82, 2.24) is 19.3 Å². The highest BCUT2D eigenvalue weighted by atomic mass is 35.5. The lowest BCUT2D eigenvalue weighted by Gasteiger charge is -2.28. The molecule has 0 fully saturated rings. The minimum Gasteiger partial charge on any atom is -0.479 e. The van der Waals surface area contributed by atoms with Crippen LogP contribution in [0.1, 0.15) is 67.8 Å². The number of halogens is 1. The van der Waals surface area contributed by atoms with E-state index in [1.807, 2.05) is 76.1 Å². The van der Waals surface area contributed by atoms with Gasteiger partial charge in [-0.15, -0.1) is 0 Å². The molecule has 3 aromatic heterocycles. The number of aliphatic carboxylic acids is 1. The molecule has 0 saturated heterocycles. The third-order valence-electron chi connectivity index (χ3n) is 6.92. The smallest absolute Gasteiger partial charge is 0.337 e. The molecule has 4 aromatic rings. The summed E-state index contributed by atoms with van der Waals surface area (Å²) < 4.78 is 10.3. The molecule has 1 N–H and O–H groups in total. The number of ether oxygens (including phenoxy) is 1. The van der Waals surface area contributed by atoms with Crippen LogP contribution in [0.2, 0.25) is 5.02 Å². The van der Waals surface area contributed by atoms with Crippen LogP contribution in [0.15, 0.2) is 36.7 Å². The Morgan fingerprint density at radius 2 is 1.89 bits per heavy atom. The molecule has 0 aliphatic heterocycles. The molecule has 1 aliphatic carbocycles. The van der Waals surface area contributed by atoms with Gasteiger partial charge in [0.15, 0.2) is 6.10 Å². The van der Waals surface area contributed by atoms with Crippen molar-refractivity contribution < 1.29 is 14.6 Å². The molecule has 0 saturated carbocycles. The van der Waals surface area contributed by atoms with Crippen molar-refractivity contribution in [3.8, 4) is 11.1 Å².